The summed E-state index contributed by atoms with van der Waals surface area (Å²) in [7, 11) is 0. The van der Waals surface area contributed by atoms with E-state index in [4.69, 9.17) is 5.73 Å². The van der Waals surface area contributed by atoms with E-state index in [1.807, 2.05) is 0 Å². The first-order chi connectivity index (χ1) is 8.75. The highest BCUT2D eigenvalue weighted by Crippen LogP contribution is 2.42. The molecule has 0 spiro atoms. The molecule has 3 aliphatic rings. The van der Waals surface area contributed by atoms with Crippen molar-refractivity contribution in [1.29, 1.82) is 0 Å². The molecule has 0 saturated heterocycles. The van der Waals surface area contributed by atoms with Gasteiger partial charge in [0.25, 0.3) is 0 Å². The summed E-state index contributed by atoms with van der Waals surface area (Å²) in [5.41, 5.74) is 5.80. The fourth-order valence-electron chi connectivity index (χ4n) is 3.40. The van der Waals surface area contributed by atoms with Gasteiger partial charge in [-0.15, -0.1) is 0 Å². The molecule has 3 aliphatic carbocycles. The Balaban J connectivity index is 1.72. The zero-order valence-corrected chi connectivity index (χ0v) is 11.4. The Morgan fingerprint density at radius 3 is 2.28 bits per heavy atom. The SMILES string of the molecule is NCC1(C(=O)N(CC2CC2)C2CC2)CCCCC1. The summed E-state index contributed by atoms with van der Waals surface area (Å²) in [5.74, 6) is 1.20. The fraction of sp³-hybridized carbons (Fsp3) is 0.933. The molecule has 0 aromatic heterocycles. The zero-order valence-electron chi connectivity index (χ0n) is 11.4. The van der Waals surface area contributed by atoms with Crippen LogP contribution < -0.4 is 5.73 Å². The topological polar surface area (TPSA) is 46.3 Å². The first-order valence-electron chi connectivity index (χ1n) is 7.76. The molecule has 3 nitrogen and oxygen atoms in total. The smallest absolute Gasteiger partial charge is 0.230 e. The molecule has 0 bridgehead atoms. The van der Waals surface area contributed by atoms with E-state index in [-0.39, 0.29) is 5.41 Å². The molecule has 0 aromatic carbocycles. The summed E-state index contributed by atoms with van der Waals surface area (Å²) in [5, 5.41) is 0. The second-order valence-electron chi connectivity index (χ2n) is 6.68. The van der Waals surface area contributed by atoms with Crippen molar-refractivity contribution in [1.82, 2.24) is 4.90 Å². The Morgan fingerprint density at radius 2 is 1.78 bits per heavy atom. The van der Waals surface area contributed by atoms with Gasteiger partial charge in [-0.2, -0.15) is 0 Å². The van der Waals surface area contributed by atoms with Crippen molar-refractivity contribution >= 4 is 5.91 Å². The number of hydrogen-bond acceptors (Lipinski definition) is 2. The van der Waals surface area contributed by atoms with Gasteiger partial charge in [0, 0.05) is 19.1 Å². The van der Waals surface area contributed by atoms with Gasteiger partial charge in [0.2, 0.25) is 5.91 Å². The predicted octanol–water partition coefficient (Wildman–Crippen LogP) is 2.30. The lowest BCUT2D eigenvalue weighted by Crippen LogP contribution is -2.50. The van der Waals surface area contributed by atoms with E-state index >= 15 is 0 Å². The molecule has 3 heteroatoms. The monoisotopic (exact) mass is 250 g/mol. The van der Waals surface area contributed by atoms with Crippen molar-refractivity contribution in [2.75, 3.05) is 13.1 Å². The van der Waals surface area contributed by atoms with Crippen LogP contribution in [0, 0.1) is 11.3 Å². The predicted molar refractivity (Wildman–Crippen MR) is 72.0 cm³/mol. The van der Waals surface area contributed by atoms with E-state index in [9.17, 15) is 4.79 Å². The number of rotatable bonds is 5. The normalized spacial score (nSPS) is 26.9. The minimum absolute atomic E-state index is 0.199. The average Bonchev–Trinajstić information content (AvgIpc) is 3.29. The van der Waals surface area contributed by atoms with Crippen LogP contribution in [0.3, 0.4) is 0 Å². The number of carbonyl (C=O) groups is 1. The zero-order chi connectivity index (χ0) is 12.6. The molecule has 0 heterocycles. The standard InChI is InChI=1S/C15H26N2O/c16-11-15(8-2-1-3-9-15)14(18)17(13-6-7-13)10-12-4-5-12/h12-13H,1-11,16H2. The molecular formula is C15H26N2O. The second kappa shape index (κ2) is 4.84. The maximum Gasteiger partial charge on any atom is 0.230 e. The number of carbonyl (C=O) groups excluding carboxylic acids is 1. The minimum atomic E-state index is -0.199. The van der Waals surface area contributed by atoms with Crippen LogP contribution in [0.15, 0.2) is 0 Å². The van der Waals surface area contributed by atoms with E-state index in [0.29, 0.717) is 18.5 Å². The highest BCUT2D eigenvalue weighted by molar-refractivity contribution is 5.83. The number of hydrogen-bond donors (Lipinski definition) is 1. The molecule has 3 fully saturated rings. The Labute approximate surface area is 110 Å². The summed E-state index contributed by atoms with van der Waals surface area (Å²) in [6, 6.07) is 0.559. The lowest BCUT2D eigenvalue weighted by molar-refractivity contribution is -0.144. The summed E-state index contributed by atoms with van der Waals surface area (Å²) in [4.78, 5) is 15.2. The molecule has 0 radical (unpaired) electrons. The van der Waals surface area contributed by atoms with Crippen molar-refractivity contribution in [3.63, 3.8) is 0 Å². The number of amides is 1. The van der Waals surface area contributed by atoms with Crippen LogP contribution >= 0.6 is 0 Å². The third kappa shape index (κ3) is 2.42. The minimum Gasteiger partial charge on any atom is -0.339 e. The van der Waals surface area contributed by atoms with Crippen LogP contribution in [0.4, 0.5) is 0 Å². The van der Waals surface area contributed by atoms with Gasteiger partial charge >= 0.3 is 0 Å². The Hall–Kier alpha value is -0.570. The van der Waals surface area contributed by atoms with Gasteiger partial charge < -0.3 is 10.6 Å². The maximum absolute atomic E-state index is 12.9. The molecule has 2 N–H and O–H groups in total. The summed E-state index contributed by atoms with van der Waals surface area (Å²) in [6.45, 7) is 1.57. The van der Waals surface area contributed by atoms with Crippen molar-refractivity contribution in [3.8, 4) is 0 Å². The van der Waals surface area contributed by atoms with Crippen LogP contribution in [-0.4, -0.2) is 29.9 Å². The van der Waals surface area contributed by atoms with Crippen molar-refractivity contribution < 1.29 is 4.79 Å². The molecule has 102 valence electrons. The van der Waals surface area contributed by atoms with Gasteiger partial charge in [0.05, 0.1) is 5.41 Å². The van der Waals surface area contributed by atoms with E-state index in [1.165, 1.54) is 44.9 Å². The van der Waals surface area contributed by atoms with Gasteiger partial charge in [0.15, 0.2) is 0 Å². The first-order valence-corrected chi connectivity index (χ1v) is 7.76. The quantitative estimate of drug-likeness (QED) is 0.814. The highest BCUT2D eigenvalue weighted by Gasteiger charge is 2.46. The fourth-order valence-corrected chi connectivity index (χ4v) is 3.40. The third-order valence-corrected chi connectivity index (χ3v) is 5.06. The molecule has 0 atom stereocenters. The van der Waals surface area contributed by atoms with Crippen LogP contribution in [0.1, 0.15) is 57.8 Å². The van der Waals surface area contributed by atoms with Gasteiger partial charge in [-0.3, -0.25) is 4.79 Å². The van der Waals surface area contributed by atoms with Crippen molar-refractivity contribution in [2.45, 2.75) is 63.8 Å². The van der Waals surface area contributed by atoms with Crippen LogP contribution in [-0.2, 0) is 4.79 Å². The third-order valence-electron chi connectivity index (χ3n) is 5.06. The van der Waals surface area contributed by atoms with E-state index < -0.39 is 0 Å². The van der Waals surface area contributed by atoms with Crippen molar-refractivity contribution in [3.05, 3.63) is 0 Å². The first kappa shape index (κ1) is 12.5. The molecule has 3 rings (SSSR count). The Morgan fingerprint density at radius 1 is 1.11 bits per heavy atom. The van der Waals surface area contributed by atoms with Gasteiger partial charge in [-0.05, 0) is 44.4 Å². The molecule has 0 aromatic rings. The lowest BCUT2D eigenvalue weighted by Gasteiger charge is -2.39. The van der Waals surface area contributed by atoms with Crippen LogP contribution in [0.5, 0.6) is 0 Å². The van der Waals surface area contributed by atoms with E-state index in [0.717, 1.165) is 25.3 Å². The van der Waals surface area contributed by atoms with Gasteiger partial charge in [-0.1, -0.05) is 19.3 Å². The Bertz CT molecular complexity index is 314. The van der Waals surface area contributed by atoms with E-state index in [1.54, 1.807) is 0 Å². The van der Waals surface area contributed by atoms with Crippen LogP contribution in [0.2, 0.25) is 0 Å². The molecule has 1 amide bonds. The molecule has 18 heavy (non-hydrogen) atoms. The average molecular weight is 250 g/mol. The molecule has 0 unspecified atom stereocenters. The van der Waals surface area contributed by atoms with Crippen LogP contribution in [0.25, 0.3) is 0 Å². The summed E-state index contributed by atoms with van der Waals surface area (Å²) < 4.78 is 0. The highest BCUT2D eigenvalue weighted by atomic mass is 16.2. The Kier molecular flexibility index (Phi) is 3.35. The molecule has 0 aliphatic heterocycles. The molecular weight excluding hydrogens is 224 g/mol. The summed E-state index contributed by atoms with van der Waals surface area (Å²) in [6.07, 6.45) is 10.8. The number of nitrogens with zero attached hydrogens (tertiary/aromatic N) is 1. The van der Waals surface area contributed by atoms with E-state index in [2.05, 4.69) is 4.90 Å². The summed E-state index contributed by atoms with van der Waals surface area (Å²) >= 11 is 0. The van der Waals surface area contributed by atoms with Gasteiger partial charge in [0.1, 0.15) is 0 Å². The number of nitrogens with two attached hydrogens (primary N) is 1. The van der Waals surface area contributed by atoms with Crippen molar-refractivity contribution in [2.24, 2.45) is 17.1 Å². The molecule has 3 saturated carbocycles. The van der Waals surface area contributed by atoms with Gasteiger partial charge in [-0.25, -0.2) is 0 Å². The largest absolute Gasteiger partial charge is 0.339 e. The lowest BCUT2D eigenvalue weighted by atomic mass is 9.73. The second-order valence-corrected chi connectivity index (χ2v) is 6.68. The maximum atomic E-state index is 12.9.